The van der Waals surface area contributed by atoms with Gasteiger partial charge >= 0.3 is 0 Å². The zero-order valence-electron chi connectivity index (χ0n) is 11.8. The van der Waals surface area contributed by atoms with Crippen molar-refractivity contribution in [1.82, 2.24) is 0 Å². The van der Waals surface area contributed by atoms with Gasteiger partial charge in [-0.25, -0.2) is 4.39 Å². The third kappa shape index (κ3) is 2.97. The SMILES string of the molecule is Cc1cc(C)c(OCc2ccc(C#N)cc2F)c(C)c1. The Morgan fingerprint density at radius 2 is 1.75 bits per heavy atom. The van der Waals surface area contributed by atoms with Crippen LogP contribution in [0.5, 0.6) is 5.75 Å². The molecule has 0 aromatic heterocycles. The molecule has 2 aromatic carbocycles. The molecule has 0 aliphatic heterocycles. The van der Waals surface area contributed by atoms with E-state index in [9.17, 15) is 4.39 Å². The van der Waals surface area contributed by atoms with Gasteiger partial charge in [0.1, 0.15) is 18.2 Å². The van der Waals surface area contributed by atoms with E-state index in [-0.39, 0.29) is 6.61 Å². The van der Waals surface area contributed by atoms with Gasteiger partial charge in [-0.3, -0.25) is 0 Å². The molecule has 0 bridgehead atoms. The maximum Gasteiger partial charge on any atom is 0.131 e. The van der Waals surface area contributed by atoms with Crippen LogP contribution in [0.15, 0.2) is 30.3 Å². The fraction of sp³-hybridized carbons (Fsp3) is 0.235. The highest BCUT2D eigenvalue weighted by Gasteiger charge is 2.08. The van der Waals surface area contributed by atoms with Gasteiger partial charge in [0, 0.05) is 5.56 Å². The maximum absolute atomic E-state index is 13.8. The highest BCUT2D eigenvalue weighted by molar-refractivity contribution is 5.43. The molecule has 3 heteroatoms. The summed E-state index contributed by atoms with van der Waals surface area (Å²) >= 11 is 0. The Labute approximate surface area is 118 Å². The summed E-state index contributed by atoms with van der Waals surface area (Å²) in [5.74, 6) is 0.380. The van der Waals surface area contributed by atoms with E-state index in [1.807, 2.05) is 39.0 Å². The van der Waals surface area contributed by atoms with Gasteiger partial charge in [-0.2, -0.15) is 5.26 Å². The standard InChI is InChI=1S/C17H16FNO/c1-11-6-12(2)17(13(3)7-11)20-10-15-5-4-14(9-19)8-16(15)18/h4-8H,10H2,1-3H3. The van der Waals surface area contributed by atoms with Crippen LogP contribution in [0.4, 0.5) is 4.39 Å². The highest BCUT2D eigenvalue weighted by Crippen LogP contribution is 2.25. The molecule has 0 N–H and O–H groups in total. The van der Waals surface area contributed by atoms with E-state index in [0.29, 0.717) is 11.1 Å². The molecular weight excluding hydrogens is 253 g/mol. The third-order valence-electron chi connectivity index (χ3n) is 3.16. The Morgan fingerprint density at radius 1 is 1.10 bits per heavy atom. The largest absolute Gasteiger partial charge is 0.488 e. The molecule has 0 spiro atoms. The normalized spacial score (nSPS) is 10.2. The van der Waals surface area contributed by atoms with Crippen molar-refractivity contribution < 1.29 is 9.13 Å². The fourth-order valence-electron chi connectivity index (χ4n) is 2.28. The summed E-state index contributed by atoms with van der Waals surface area (Å²) in [4.78, 5) is 0. The first-order chi connectivity index (χ1) is 9.51. The van der Waals surface area contributed by atoms with Crippen LogP contribution in [0, 0.1) is 37.9 Å². The second-order valence-electron chi connectivity index (χ2n) is 4.93. The molecule has 0 heterocycles. The van der Waals surface area contributed by atoms with Crippen molar-refractivity contribution in [3.63, 3.8) is 0 Å². The number of nitriles is 1. The summed E-state index contributed by atoms with van der Waals surface area (Å²) in [6.07, 6.45) is 0. The van der Waals surface area contributed by atoms with Crippen molar-refractivity contribution in [2.45, 2.75) is 27.4 Å². The number of halogens is 1. The van der Waals surface area contributed by atoms with E-state index < -0.39 is 5.82 Å². The molecule has 2 aromatic rings. The van der Waals surface area contributed by atoms with Gasteiger partial charge in [0.05, 0.1) is 11.6 Å². The fourth-order valence-corrected chi connectivity index (χ4v) is 2.28. The summed E-state index contributed by atoms with van der Waals surface area (Å²) < 4.78 is 19.5. The van der Waals surface area contributed by atoms with Gasteiger partial charge in [-0.15, -0.1) is 0 Å². The number of rotatable bonds is 3. The average Bonchev–Trinajstić information content (AvgIpc) is 2.39. The Bertz CT molecular complexity index is 663. The topological polar surface area (TPSA) is 33.0 Å². The molecule has 0 atom stereocenters. The van der Waals surface area contributed by atoms with E-state index in [1.54, 1.807) is 12.1 Å². The van der Waals surface area contributed by atoms with Gasteiger partial charge in [0.2, 0.25) is 0 Å². The molecule has 0 saturated heterocycles. The zero-order chi connectivity index (χ0) is 14.7. The van der Waals surface area contributed by atoms with Crippen LogP contribution in [0.25, 0.3) is 0 Å². The number of aryl methyl sites for hydroxylation is 3. The minimum atomic E-state index is -0.411. The van der Waals surface area contributed by atoms with Crippen LogP contribution < -0.4 is 4.74 Å². The van der Waals surface area contributed by atoms with Crippen molar-refractivity contribution in [3.05, 3.63) is 64.0 Å². The summed E-state index contributed by atoms with van der Waals surface area (Å²) in [6, 6.07) is 10.4. The summed E-state index contributed by atoms with van der Waals surface area (Å²) in [6.45, 7) is 6.14. The van der Waals surface area contributed by atoms with Crippen molar-refractivity contribution in [2.75, 3.05) is 0 Å². The quantitative estimate of drug-likeness (QED) is 0.836. The number of hydrogen-bond acceptors (Lipinski definition) is 2. The molecule has 20 heavy (non-hydrogen) atoms. The van der Waals surface area contributed by atoms with Gasteiger partial charge in [0.15, 0.2) is 0 Å². The van der Waals surface area contributed by atoms with Crippen molar-refractivity contribution in [1.29, 1.82) is 5.26 Å². The molecule has 102 valence electrons. The lowest BCUT2D eigenvalue weighted by Crippen LogP contribution is -2.02. The van der Waals surface area contributed by atoms with Crippen LogP contribution in [0.2, 0.25) is 0 Å². The Kier molecular flexibility index (Phi) is 4.05. The van der Waals surface area contributed by atoms with E-state index in [1.165, 1.54) is 11.6 Å². The average molecular weight is 269 g/mol. The monoisotopic (exact) mass is 269 g/mol. The Balaban J connectivity index is 2.20. The lowest BCUT2D eigenvalue weighted by atomic mass is 10.1. The molecule has 0 aliphatic rings. The number of benzene rings is 2. The zero-order valence-corrected chi connectivity index (χ0v) is 11.8. The molecule has 0 unspecified atom stereocenters. The third-order valence-corrected chi connectivity index (χ3v) is 3.16. The molecule has 0 amide bonds. The summed E-state index contributed by atoms with van der Waals surface area (Å²) in [5.41, 5.74) is 4.02. The van der Waals surface area contributed by atoms with Crippen molar-refractivity contribution in [2.24, 2.45) is 0 Å². The molecular formula is C17H16FNO. The van der Waals surface area contributed by atoms with Crippen molar-refractivity contribution >= 4 is 0 Å². The highest BCUT2D eigenvalue weighted by atomic mass is 19.1. The van der Waals surface area contributed by atoms with Gasteiger partial charge in [0.25, 0.3) is 0 Å². The minimum absolute atomic E-state index is 0.155. The predicted molar refractivity (Wildman–Crippen MR) is 76.1 cm³/mol. The van der Waals surface area contributed by atoms with Gasteiger partial charge < -0.3 is 4.74 Å². The first-order valence-electron chi connectivity index (χ1n) is 6.40. The molecule has 0 saturated carbocycles. The number of nitrogens with zero attached hydrogens (tertiary/aromatic N) is 1. The van der Waals surface area contributed by atoms with Gasteiger partial charge in [-0.05, 0) is 44.0 Å². The number of ether oxygens (including phenoxy) is 1. The van der Waals surface area contributed by atoms with Crippen LogP contribution in [-0.4, -0.2) is 0 Å². The summed E-state index contributed by atoms with van der Waals surface area (Å²) in [5, 5.41) is 8.71. The lowest BCUT2D eigenvalue weighted by Gasteiger charge is -2.13. The van der Waals surface area contributed by atoms with Crippen LogP contribution in [0.3, 0.4) is 0 Å². The molecule has 0 radical (unpaired) electrons. The van der Waals surface area contributed by atoms with E-state index in [4.69, 9.17) is 10.00 Å². The Morgan fingerprint density at radius 3 is 2.30 bits per heavy atom. The van der Waals surface area contributed by atoms with Crippen molar-refractivity contribution in [3.8, 4) is 11.8 Å². The minimum Gasteiger partial charge on any atom is -0.488 e. The molecule has 0 fully saturated rings. The number of hydrogen-bond donors (Lipinski definition) is 0. The molecule has 2 rings (SSSR count). The van der Waals surface area contributed by atoms with Crippen LogP contribution >= 0.6 is 0 Å². The second kappa shape index (κ2) is 5.75. The summed E-state index contributed by atoms with van der Waals surface area (Å²) in [7, 11) is 0. The van der Waals surface area contributed by atoms with Crippen LogP contribution in [-0.2, 0) is 6.61 Å². The lowest BCUT2D eigenvalue weighted by molar-refractivity contribution is 0.295. The molecule has 0 aliphatic carbocycles. The van der Waals surface area contributed by atoms with E-state index in [0.717, 1.165) is 16.9 Å². The van der Waals surface area contributed by atoms with E-state index in [2.05, 4.69) is 0 Å². The smallest absolute Gasteiger partial charge is 0.131 e. The van der Waals surface area contributed by atoms with Gasteiger partial charge in [-0.1, -0.05) is 23.8 Å². The Hall–Kier alpha value is -2.34. The van der Waals surface area contributed by atoms with E-state index >= 15 is 0 Å². The maximum atomic E-state index is 13.8. The van der Waals surface area contributed by atoms with Crippen LogP contribution in [0.1, 0.15) is 27.8 Å². The first-order valence-corrected chi connectivity index (χ1v) is 6.40. The predicted octanol–water partition coefficient (Wildman–Crippen LogP) is 4.20. The second-order valence-corrected chi connectivity index (χ2v) is 4.93. The first kappa shape index (κ1) is 14.1. The molecule has 2 nitrogen and oxygen atoms in total.